The molecule has 0 aliphatic heterocycles. The second kappa shape index (κ2) is 6.22. The van der Waals surface area contributed by atoms with Crippen molar-refractivity contribution in [3.8, 4) is 0 Å². The smallest absolute Gasteiger partial charge is 0.0575 e. The zero-order chi connectivity index (χ0) is 13.8. The fraction of sp³-hybridized carbons (Fsp3) is 0.500. The van der Waals surface area contributed by atoms with Crippen LogP contribution in [0.3, 0.4) is 0 Å². The molecular weight excluding hydrogens is 236 g/mol. The van der Waals surface area contributed by atoms with Gasteiger partial charge in [0.15, 0.2) is 0 Å². The summed E-state index contributed by atoms with van der Waals surface area (Å²) in [5.41, 5.74) is 2.78. The molecule has 3 nitrogen and oxygen atoms in total. The van der Waals surface area contributed by atoms with E-state index in [1.165, 1.54) is 16.5 Å². The topological polar surface area (TPSA) is 17.4 Å². The SMILES string of the molecule is CON(C)CCCn1cc(C(C)C)c2ccccc21. The molecule has 0 bridgehead atoms. The molecule has 0 fully saturated rings. The second-order valence-electron chi connectivity index (χ2n) is 5.34. The molecular formula is C16H24N2O. The van der Waals surface area contributed by atoms with Gasteiger partial charge in [-0.1, -0.05) is 32.0 Å². The third-order valence-corrected chi connectivity index (χ3v) is 3.63. The minimum absolute atomic E-state index is 0.563. The Kier molecular flexibility index (Phi) is 4.61. The van der Waals surface area contributed by atoms with Crippen LogP contribution in [0.4, 0.5) is 0 Å². The van der Waals surface area contributed by atoms with Crippen LogP contribution in [0.1, 0.15) is 31.7 Å². The van der Waals surface area contributed by atoms with Gasteiger partial charge in [0.05, 0.1) is 7.11 Å². The number of rotatable bonds is 6. The van der Waals surface area contributed by atoms with E-state index in [4.69, 9.17) is 4.84 Å². The lowest BCUT2D eigenvalue weighted by molar-refractivity contribution is -0.109. The minimum atomic E-state index is 0.563. The number of aromatic nitrogens is 1. The van der Waals surface area contributed by atoms with Gasteiger partial charge in [-0.25, -0.2) is 0 Å². The largest absolute Gasteiger partial charge is 0.347 e. The first-order valence-corrected chi connectivity index (χ1v) is 6.96. The van der Waals surface area contributed by atoms with E-state index >= 15 is 0 Å². The molecule has 2 rings (SSSR count). The van der Waals surface area contributed by atoms with Crippen LogP contribution in [-0.2, 0) is 11.4 Å². The van der Waals surface area contributed by atoms with Gasteiger partial charge in [-0.3, -0.25) is 0 Å². The summed E-state index contributed by atoms with van der Waals surface area (Å²) in [6.45, 7) is 6.48. The van der Waals surface area contributed by atoms with Crippen molar-refractivity contribution in [2.24, 2.45) is 0 Å². The number of aryl methyl sites for hydroxylation is 1. The zero-order valence-corrected chi connectivity index (χ0v) is 12.4. The predicted molar refractivity (Wildman–Crippen MR) is 80.3 cm³/mol. The van der Waals surface area contributed by atoms with Gasteiger partial charge in [0.2, 0.25) is 0 Å². The Bertz CT molecular complexity index is 531. The maximum atomic E-state index is 5.14. The summed E-state index contributed by atoms with van der Waals surface area (Å²) in [4.78, 5) is 5.14. The first-order chi connectivity index (χ1) is 9.13. The number of para-hydroxylation sites is 1. The molecule has 0 saturated heterocycles. The molecule has 0 aliphatic rings. The monoisotopic (exact) mass is 260 g/mol. The van der Waals surface area contributed by atoms with Crippen molar-refractivity contribution < 1.29 is 4.84 Å². The molecule has 0 aliphatic carbocycles. The third kappa shape index (κ3) is 3.17. The molecule has 19 heavy (non-hydrogen) atoms. The quantitative estimate of drug-likeness (QED) is 0.738. The van der Waals surface area contributed by atoms with Crippen molar-refractivity contribution in [2.75, 3.05) is 20.7 Å². The van der Waals surface area contributed by atoms with Crippen molar-refractivity contribution >= 4 is 10.9 Å². The van der Waals surface area contributed by atoms with E-state index in [9.17, 15) is 0 Å². The van der Waals surface area contributed by atoms with Crippen LogP contribution >= 0.6 is 0 Å². The van der Waals surface area contributed by atoms with Crippen LogP contribution in [0, 0.1) is 0 Å². The first-order valence-electron chi connectivity index (χ1n) is 6.96. The fourth-order valence-corrected chi connectivity index (χ4v) is 2.48. The summed E-state index contributed by atoms with van der Waals surface area (Å²) in [6.07, 6.45) is 3.39. The summed E-state index contributed by atoms with van der Waals surface area (Å²) in [5.74, 6) is 0.563. The molecule has 0 N–H and O–H groups in total. The van der Waals surface area contributed by atoms with Crippen LogP contribution in [-0.4, -0.2) is 30.3 Å². The van der Waals surface area contributed by atoms with Crippen molar-refractivity contribution in [1.29, 1.82) is 0 Å². The normalized spacial score (nSPS) is 11.9. The molecule has 1 aromatic carbocycles. The maximum absolute atomic E-state index is 5.14. The van der Waals surface area contributed by atoms with E-state index in [2.05, 4.69) is 48.9 Å². The Hall–Kier alpha value is -1.32. The molecule has 0 unspecified atom stereocenters. The third-order valence-electron chi connectivity index (χ3n) is 3.63. The summed E-state index contributed by atoms with van der Waals surface area (Å²) in [5, 5.41) is 3.26. The van der Waals surface area contributed by atoms with E-state index < -0.39 is 0 Å². The molecule has 104 valence electrons. The summed E-state index contributed by atoms with van der Waals surface area (Å²) in [7, 11) is 3.68. The highest BCUT2D eigenvalue weighted by molar-refractivity contribution is 5.84. The van der Waals surface area contributed by atoms with E-state index in [1.54, 1.807) is 7.11 Å². The second-order valence-corrected chi connectivity index (χ2v) is 5.34. The molecule has 0 amide bonds. The van der Waals surface area contributed by atoms with Crippen molar-refractivity contribution in [2.45, 2.75) is 32.7 Å². The van der Waals surface area contributed by atoms with E-state index in [0.717, 1.165) is 19.5 Å². The fourth-order valence-electron chi connectivity index (χ4n) is 2.48. The number of hydrogen-bond acceptors (Lipinski definition) is 2. The number of fused-ring (bicyclic) bond motifs is 1. The lowest BCUT2D eigenvalue weighted by Gasteiger charge is -2.13. The highest BCUT2D eigenvalue weighted by atomic mass is 16.7. The van der Waals surface area contributed by atoms with Crippen molar-refractivity contribution in [3.05, 3.63) is 36.0 Å². The van der Waals surface area contributed by atoms with Gasteiger partial charge in [0.25, 0.3) is 0 Å². The van der Waals surface area contributed by atoms with Crippen molar-refractivity contribution in [3.63, 3.8) is 0 Å². The molecule has 0 radical (unpaired) electrons. The van der Waals surface area contributed by atoms with E-state index in [0.29, 0.717) is 5.92 Å². The van der Waals surface area contributed by atoms with Crippen LogP contribution < -0.4 is 0 Å². The van der Waals surface area contributed by atoms with Gasteiger partial charge in [-0.2, -0.15) is 5.06 Å². The molecule has 0 spiro atoms. The van der Waals surface area contributed by atoms with Crippen LogP contribution in [0.2, 0.25) is 0 Å². The Labute approximate surface area is 115 Å². The molecule has 1 heterocycles. The maximum Gasteiger partial charge on any atom is 0.0575 e. The van der Waals surface area contributed by atoms with Gasteiger partial charge < -0.3 is 9.40 Å². The minimum Gasteiger partial charge on any atom is -0.347 e. The van der Waals surface area contributed by atoms with Gasteiger partial charge >= 0.3 is 0 Å². The Morgan fingerprint density at radius 3 is 2.68 bits per heavy atom. The van der Waals surface area contributed by atoms with Crippen molar-refractivity contribution in [1.82, 2.24) is 9.63 Å². The zero-order valence-electron chi connectivity index (χ0n) is 12.4. The lowest BCUT2D eigenvalue weighted by Crippen LogP contribution is -2.19. The summed E-state index contributed by atoms with van der Waals surface area (Å²) < 4.78 is 2.37. The summed E-state index contributed by atoms with van der Waals surface area (Å²) in [6, 6.07) is 8.67. The number of hydroxylamine groups is 2. The van der Waals surface area contributed by atoms with E-state index in [-0.39, 0.29) is 0 Å². The van der Waals surface area contributed by atoms with Crippen LogP contribution in [0.15, 0.2) is 30.5 Å². The summed E-state index contributed by atoms with van der Waals surface area (Å²) >= 11 is 0. The van der Waals surface area contributed by atoms with Gasteiger partial charge in [-0.05, 0) is 24.0 Å². The number of nitrogens with zero attached hydrogens (tertiary/aromatic N) is 2. The van der Waals surface area contributed by atoms with Gasteiger partial charge in [-0.15, -0.1) is 0 Å². The Morgan fingerprint density at radius 1 is 1.26 bits per heavy atom. The lowest BCUT2D eigenvalue weighted by atomic mass is 10.0. The number of benzene rings is 1. The van der Waals surface area contributed by atoms with E-state index in [1.807, 2.05) is 12.1 Å². The molecule has 1 aromatic heterocycles. The van der Waals surface area contributed by atoms with Crippen LogP contribution in [0.5, 0.6) is 0 Å². The molecule has 0 saturated carbocycles. The van der Waals surface area contributed by atoms with Gasteiger partial charge in [0, 0.05) is 37.2 Å². The van der Waals surface area contributed by atoms with Gasteiger partial charge in [0.1, 0.15) is 0 Å². The molecule has 2 aromatic rings. The molecule has 3 heteroatoms. The highest BCUT2D eigenvalue weighted by Crippen LogP contribution is 2.27. The standard InChI is InChI=1S/C16H24N2O/c1-13(2)15-12-18(11-7-10-17(3)19-4)16-9-6-5-8-14(15)16/h5-6,8-9,12-13H,7,10-11H2,1-4H3. The number of hydrogen-bond donors (Lipinski definition) is 0. The first kappa shape index (κ1) is 14.1. The highest BCUT2D eigenvalue weighted by Gasteiger charge is 2.10. The average molecular weight is 260 g/mol. The van der Waals surface area contributed by atoms with Crippen LogP contribution in [0.25, 0.3) is 10.9 Å². The Morgan fingerprint density at radius 2 is 2.00 bits per heavy atom. The average Bonchev–Trinajstić information content (AvgIpc) is 2.78. The Balaban J connectivity index is 2.19. The predicted octanol–water partition coefficient (Wildman–Crippen LogP) is 3.65. The molecule has 0 atom stereocenters.